The number of esters is 1. The summed E-state index contributed by atoms with van der Waals surface area (Å²) in [6.45, 7) is 3.69. The van der Waals surface area contributed by atoms with Gasteiger partial charge in [-0.05, 0) is 19.9 Å². The third kappa shape index (κ3) is 2.30. The number of carbonyl (C=O) groups excluding carboxylic acids is 1. The zero-order chi connectivity index (χ0) is 12.3. The zero-order valence-corrected chi connectivity index (χ0v) is 9.51. The van der Waals surface area contributed by atoms with Gasteiger partial charge in [-0.25, -0.2) is 19.7 Å². The first kappa shape index (κ1) is 11.3. The summed E-state index contributed by atoms with van der Waals surface area (Å²) in [5.41, 5.74) is 0.708. The Balaban J connectivity index is 2.34. The molecule has 0 aliphatic heterocycles. The second-order valence-electron chi connectivity index (χ2n) is 3.24. The van der Waals surface area contributed by atoms with Crippen LogP contribution < -0.4 is 0 Å². The first-order valence-electron chi connectivity index (χ1n) is 5.13. The van der Waals surface area contributed by atoms with E-state index >= 15 is 0 Å². The number of hydrogen-bond donors (Lipinski definition) is 0. The van der Waals surface area contributed by atoms with Crippen molar-refractivity contribution in [3.63, 3.8) is 0 Å². The van der Waals surface area contributed by atoms with Gasteiger partial charge in [-0.2, -0.15) is 0 Å². The first-order valence-corrected chi connectivity index (χ1v) is 5.13. The Morgan fingerprint density at radius 2 is 2.35 bits per heavy atom. The number of carbonyl (C=O) groups is 1. The van der Waals surface area contributed by atoms with E-state index in [-0.39, 0.29) is 11.6 Å². The van der Waals surface area contributed by atoms with Crippen molar-refractivity contribution in [2.75, 3.05) is 6.61 Å². The van der Waals surface area contributed by atoms with Crippen LogP contribution in [0.1, 0.15) is 23.2 Å². The van der Waals surface area contributed by atoms with E-state index in [1.807, 2.05) is 0 Å². The van der Waals surface area contributed by atoms with E-state index in [9.17, 15) is 4.79 Å². The fourth-order valence-electron chi connectivity index (χ4n) is 1.31. The predicted molar refractivity (Wildman–Crippen MR) is 58.2 cm³/mol. The van der Waals surface area contributed by atoms with Gasteiger partial charge in [-0.15, -0.1) is 0 Å². The van der Waals surface area contributed by atoms with Gasteiger partial charge in [-0.1, -0.05) is 0 Å². The van der Waals surface area contributed by atoms with Crippen molar-refractivity contribution < 1.29 is 13.9 Å². The van der Waals surface area contributed by atoms with Crippen LogP contribution in [0.5, 0.6) is 0 Å². The molecule has 88 valence electrons. The fourth-order valence-corrected chi connectivity index (χ4v) is 1.31. The summed E-state index contributed by atoms with van der Waals surface area (Å²) < 4.78 is 10.2. The van der Waals surface area contributed by atoms with Crippen molar-refractivity contribution in [3.8, 4) is 11.6 Å². The maximum Gasteiger partial charge on any atom is 0.360 e. The van der Waals surface area contributed by atoms with E-state index in [2.05, 4.69) is 15.0 Å². The van der Waals surface area contributed by atoms with Gasteiger partial charge >= 0.3 is 5.97 Å². The molecule has 0 atom stereocenters. The number of nitrogens with zero attached hydrogens (tertiary/aromatic N) is 3. The van der Waals surface area contributed by atoms with Crippen LogP contribution in [0.4, 0.5) is 0 Å². The van der Waals surface area contributed by atoms with Crippen LogP contribution in [0, 0.1) is 6.92 Å². The van der Waals surface area contributed by atoms with Gasteiger partial charge in [0.05, 0.1) is 6.61 Å². The lowest BCUT2D eigenvalue weighted by Gasteiger charge is -1.96. The molecule has 2 rings (SSSR count). The first-order chi connectivity index (χ1) is 8.22. The molecule has 2 aromatic heterocycles. The van der Waals surface area contributed by atoms with E-state index < -0.39 is 5.97 Å². The molecule has 0 aliphatic carbocycles. The highest BCUT2D eigenvalue weighted by Crippen LogP contribution is 2.19. The SMILES string of the molecule is CCOC(=O)c1nc(-c2ccncn2)oc1C. The average Bonchev–Trinajstić information content (AvgIpc) is 2.73. The third-order valence-corrected chi connectivity index (χ3v) is 2.07. The van der Waals surface area contributed by atoms with E-state index in [0.717, 1.165) is 0 Å². The van der Waals surface area contributed by atoms with Gasteiger partial charge in [0.15, 0.2) is 5.69 Å². The Labute approximate surface area is 97.7 Å². The Hall–Kier alpha value is -2.24. The molecule has 0 bridgehead atoms. The molecule has 0 amide bonds. The third-order valence-electron chi connectivity index (χ3n) is 2.07. The van der Waals surface area contributed by atoms with E-state index in [1.54, 1.807) is 26.1 Å². The number of oxazole rings is 1. The molecule has 0 saturated heterocycles. The largest absolute Gasteiger partial charge is 0.461 e. The summed E-state index contributed by atoms with van der Waals surface area (Å²) in [6, 6.07) is 1.65. The molecule has 2 aromatic rings. The average molecular weight is 233 g/mol. The molecule has 0 saturated carbocycles. The number of ether oxygens (including phenoxy) is 1. The van der Waals surface area contributed by atoms with Crippen LogP contribution in [0.15, 0.2) is 23.0 Å². The lowest BCUT2D eigenvalue weighted by Crippen LogP contribution is -2.06. The fraction of sp³-hybridized carbons (Fsp3) is 0.273. The maximum absolute atomic E-state index is 11.5. The summed E-state index contributed by atoms with van der Waals surface area (Å²) >= 11 is 0. The Morgan fingerprint density at radius 1 is 1.53 bits per heavy atom. The standard InChI is InChI=1S/C11H11N3O3/c1-3-16-11(15)9-7(2)17-10(14-9)8-4-5-12-6-13-8/h4-6H,3H2,1-2H3. The molecular weight excluding hydrogens is 222 g/mol. The van der Waals surface area contributed by atoms with E-state index in [0.29, 0.717) is 18.1 Å². The van der Waals surface area contributed by atoms with Crippen molar-refractivity contribution in [3.05, 3.63) is 30.0 Å². The van der Waals surface area contributed by atoms with Crippen molar-refractivity contribution in [1.29, 1.82) is 0 Å². The van der Waals surface area contributed by atoms with Crippen LogP contribution in [0.3, 0.4) is 0 Å². The summed E-state index contributed by atoms with van der Waals surface area (Å²) in [5.74, 6) is 0.207. The molecular formula is C11H11N3O3. The van der Waals surface area contributed by atoms with Crippen LogP contribution in [-0.2, 0) is 4.74 Å². The van der Waals surface area contributed by atoms with Crippen molar-refractivity contribution in [2.24, 2.45) is 0 Å². The van der Waals surface area contributed by atoms with Crippen molar-refractivity contribution >= 4 is 5.97 Å². The number of hydrogen-bond acceptors (Lipinski definition) is 6. The molecule has 0 spiro atoms. The van der Waals surface area contributed by atoms with Gasteiger partial charge in [-0.3, -0.25) is 0 Å². The summed E-state index contributed by atoms with van der Waals surface area (Å²) in [7, 11) is 0. The highest BCUT2D eigenvalue weighted by Gasteiger charge is 2.19. The Morgan fingerprint density at radius 3 is 3.00 bits per heavy atom. The highest BCUT2D eigenvalue weighted by atomic mass is 16.5. The Kier molecular flexibility index (Phi) is 3.13. The van der Waals surface area contributed by atoms with E-state index in [4.69, 9.17) is 9.15 Å². The molecule has 6 heteroatoms. The van der Waals surface area contributed by atoms with Gasteiger partial charge in [0, 0.05) is 6.20 Å². The summed E-state index contributed by atoms with van der Waals surface area (Å²) in [4.78, 5) is 23.4. The Bertz CT molecular complexity index is 522. The number of aromatic nitrogens is 3. The quantitative estimate of drug-likeness (QED) is 0.749. The zero-order valence-electron chi connectivity index (χ0n) is 9.51. The number of aryl methyl sites for hydroxylation is 1. The minimum atomic E-state index is -0.492. The second kappa shape index (κ2) is 4.73. The van der Waals surface area contributed by atoms with Crippen LogP contribution in [-0.4, -0.2) is 27.5 Å². The van der Waals surface area contributed by atoms with Gasteiger partial charge in [0.1, 0.15) is 17.8 Å². The molecule has 17 heavy (non-hydrogen) atoms. The summed E-state index contributed by atoms with van der Waals surface area (Å²) in [6.07, 6.45) is 2.96. The molecule has 0 aromatic carbocycles. The molecule has 0 unspecified atom stereocenters. The van der Waals surface area contributed by atoms with Crippen LogP contribution in [0.2, 0.25) is 0 Å². The smallest absolute Gasteiger partial charge is 0.360 e. The van der Waals surface area contributed by atoms with E-state index in [1.165, 1.54) is 6.33 Å². The normalized spacial score (nSPS) is 10.2. The van der Waals surface area contributed by atoms with Crippen LogP contribution >= 0.6 is 0 Å². The maximum atomic E-state index is 11.5. The molecule has 0 aliphatic rings. The molecule has 2 heterocycles. The van der Waals surface area contributed by atoms with Crippen LogP contribution in [0.25, 0.3) is 11.6 Å². The van der Waals surface area contributed by atoms with Gasteiger partial charge in [0.2, 0.25) is 5.89 Å². The molecule has 0 radical (unpaired) electrons. The minimum Gasteiger partial charge on any atom is -0.461 e. The highest BCUT2D eigenvalue weighted by molar-refractivity contribution is 5.88. The topological polar surface area (TPSA) is 78.1 Å². The molecule has 0 N–H and O–H groups in total. The second-order valence-corrected chi connectivity index (χ2v) is 3.24. The molecule has 0 fully saturated rings. The molecule has 6 nitrogen and oxygen atoms in total. The lowest BCUT2D eigenvalue weighted by molar-refractivity contribution is 0.0518. The minimum absolute atomic E-state index is 0.181. The van der Waals surface area contributed by atoms with Crippen molar-refractivity contribution in [2.45, 2.75) is 13.8 Å². The monoisotopic (exact) mass is 233 g/mol. The number of rotatable bonds is 3. The van der Waals surface area contributed by atoms with Gasteiger partial charge in [0.25, 0.3) is 0 Å². The predicted octanol–water partition coefficient (Wildman–Crippen LogP) is 1.62. The van der Waals surface area contributed by atoms with Crippen molar-refractivity contribution in [1.82, 2.24) is 15.0 Å². The lowest BCUT2D eigenvalue weighted by atomic mass is 10.4. The van der Waals surface area contributed by atoms with Gasteiger partial charge < -0.3 is 9.15 Å². The summed E-state index contributed by atoms with van der Waals surface area (Å²) in [5, 5.41) is 0.